The summed E-state index contributed by atoms with van der Waals surface area (Å²) in [5, 5.41) is 0. The van der Waals surface area contributed by atoms with Crippen molar-refractivity contribution in [2.24, 2.45) is 11.5 Å². The first-order chi connectivity index (χ1) is 5.11. The van der Waals surface area contributed by atoms with E-state index in [1.165, 1.54) is 6.42 Å². The van der Waals surface area contributed by atoms with Gasteiger partial charge in [0, 0.05) is 18.1 Å². The summed E-state index contributed by atoms with van der Waals surface area (Å²) in [6, 6.07) is 1.08. The highest BCUT2D eigenvalue weighted by Crippen LogP contribution is 2.19. The van der Waals surface area contributed by atoms with Crippen LogP contribution < -0.4 is 11.5 Å². The van der Waals surface area contributed by atoms with Crippen LogP contribution in [0.5, 0.6) is 0 Å². The second-order valence-corrected chi connectivity index (χ2v) is 3.76. The summed E-state index contributed by atoms with van der Waals surface area (Å²) < 4.78 is 0. The van der Waals surface area contributed by atoms with Gasteiger partial charge in [0.15, 0.2) is 0 Å². The zero-order chi connectivity index (χ0) is 8.43. The third-order valence-corrected chi connectivity index (χ3v) is 2.66. The molecule has 3 atom stereocenters. The molecule has 0 aromatic heterocycles. The van der Waals surface area contributed by atoms with E-state index in [1.54, 1.807) is 0 Å². The van der Waals surface area contributed by atoms with E-state index >= 15 is 0 Å². The van der Waals surface area contributed by atoms with Crippen LogP contribution in [0, 0.1) is 0 Å². The van der Waals surface area contributed by atoms with E-state index in [-0.39, 0.29) is 12.1 Å². The van der Waals surface area contributed by atoms with Gasteiger partial charge >= 0.3 is 0 Å². The highest BCUT2D eigenvalue weighted by Gasteiger charge is 2.26. The van der Waals surface area contributed by atoms with Crippen LogP contribution >= 0.6 is 0 Å². The van der Waals surface area contributed by atoms with Crippen molar-refractivity contribution in [2.75, 3.05) is 14.1 Å². The molecule has 0 aliphatic heterocycles. The molecule has 0 spiro atoms. The van der Waals surface area contributed by atoms with Crippen molar-refractivity contribution < 1.29 is 0 Å². The van der Waals surface area contributed by atoms with E-state index in [2.05, 4.69) is 19.0 Å². The van der Waals surface area contributed by atoms with Crippen molar-refractivity contribution in [3.05, 3.63) is 0 Å². The first-order valence-corrected chi connectivity index (χ1v) is 4.29. The zero-order valence-electron chi connectivity index (χ0n) is 7.46. The minimum atomic E-state index is 0.205. The van der Waals surface area contributed by atoms with Gasteiger partial charge in [-0.25, -0.2) is 0 Å². The van der Waals surface area contributed by atoms with Crippen molar-refractivity contribution in [2.45, 2.75) is 37.4 Å². The summed E-state index contributed by atoms with van der Waals surface area (Å²) in [5.74, 6) is 0. The molecule has 1 saturated carbocycles. The summed E-state index contributed by atoms with van der Waals surface area (Å²) in [6.45, 7) is 0. The predicted octanol–water partition coefficient (Wildman–Crippen LogP) is -0.245. The topological polar surface area (TPSA) is 55.3 Å². The van der Waals surface area contributed by atoms with E-state index in [0.717, 1.165) is 12.8 Å². The molecule has 1 aliphatic carbocycles. The first-order valence-electron chi connectivity index (χ1n) is 4.29. The average molecular weight is 157 g/mol. The second-order valence-electron chi connectivity index (χ2n) is 3.76. The molecule has 66 valence electrons. The van der Waals surface area contributed by atoms with E-state index in [9.17, 15) is 0 Å². The molecule has 3 nitrogen and oxygen atoms in total. The third-order valence-electron chi connectivity index (χ3n) is 2.66. The molecule has 0 bridgehead atoms. The molecule has 0 radical (unpaired) electrons. The van der Waals surface area contributed by atoms with E-state index in [4.69, 9.17) is 11.5 Å². The molecule has 3 heteroatoms. The van der Waals surface area contributed by atoms with Gasteiger partial charge in [0.25, 0.3) is 0 Å². The van der Waals surface area contributed by atoms with Crippen LogP contribution in [0.15, 0.2) is 0 Å². The summed E-state index contributed by atoms with van der Waals surface area (Å²) in [7, 11) is 4.21. The van der Waals surface area contributed by atoms with Gasteiger partial charge in [-0.2, -0.15) is 0 Å². The van der Waals surface area contributed by atoms with E-state index in [1.807, 2.05) is 0 Å². The van der Waals surface area contributed by atoms with Crippen LogP contribution in [0.25, 0.3) is 0 Å². The Balaban J connectivity index is 2.40. The van der Waals surface area contributed by atoms with Crippen molar-refractivity contribution in [1.29, 1.82) is 0 Å². The molecular weight excluding hydrogens is 138 g/mol. The Morgan fingerprint density at radius 3 is 2.18 bits per heavy atom. The zero-order valence-corrected chi connectivity index (χ0v) is 7.46. The van der Waals surface area contributed by atoms with Crippen LogP contribution in [0.3, 0.4) is 0 Å². The fourth-order valence-corrected chi connectivity index (χ4v) is 1.67. The van der Waals surface area contributed by atoms with Gasteiger partial charge in [0.2, 0.25) is 0 Å². The van der Waals surface area contributed by atoms with Crippen LogP contribution in [-0.4, -0.2) is 37.1 Å². The third kappa shape index (κ3) is 2.15. The Labute approximate surface area is 68.7 Å². The number of hydrogen-bond acceptors (Lipinski definition) is 3. The first kappa shape index (κ1) is 8.97. The molecule has 1 unspecified atom stereocenters. The number of rotatable bonds is 1. The molecule has 11 heavy (non-hydrogen) atoms. The fourth-order valence-electron chi connectivity index (χ4n) is 1.67. The van der Waals surface area contributed by atoms with Crippen molar-refractivity contribution in [3.63, 3.8) is 0 Å². The smallest absolute Gasteiger partial charge is 0.0207 e. The Hall–Kier alpha value is -0.120. The van der Waals surface area contributed by atoms with Crippen LogP contribution in [-0.2, 0) is 0 Å². The van der Waals surface area contributed by atoms with E-state index in [0.29, 0.717) is 6.04 Å². The molecule has 1 rings (SSSR count). The van der Waals surface area contributed by atoms with Gasteiger partial charge in [-0.15, -0.1) is 0 Å². The van der Waals surface area contributed by atoms with E-state index < -0.39 is 0 Å². The van der Waals surface area contributed by atoms with Crippen molar-refractivity contribution in [3.8, 4) is 0 Å². The summed E-state index contributed by atoms with van der Waals surface area (Å²) in [6.07, 6.45) is 3.32. The van der Waals surface area contributed by atoms with Gasteiger partial charge in [-0.1, -0.05) is 0 Å². The van der Waals surface area contributed by atoms with Crippen LogP contribution in [0.2, 0.25) is 0 Å². The van der Waals surface area contributed by atoms with Gasteiger partial charge in [0.1, 0.15) is 0 Å². The summed E-state index contributed by atoms with van der Waals surface area (Å²) >= 11 is 0. The monoisotopic (exact) mass is 157 g/mol. The maximum atomic E-state index is 5.85. The molecule has 0 heterocycles. The Kier molecular flexibility index (Phi) is 2.87. The van der Waals surface area contributed by atoms with Gasteiger partial charge in [-0.05, 0) is 33.4 Å². The lowest BCUT2D eigenvalue weighted by molar-refractivity contribution is 0.200. The lowest BCUT2D eigenvalue weighted by Gasteiger charge is -2.35. The Morgan fingerprint density at radius 1 is 1.09 bits per heavy atom. The molecule has 1 fully saturated rings. The second kappa shape index (κ2) is 3.52. The average Bonchev–Trinajstić information content (AvgIpc) is 1.94. The number of nitrogens with zero attached hydrogens (tertiary/aromatic N) is 1. The predicted molar refractivity (Wildman–Crippen MR) is 47.3 cm³/mol. The summed E-state index contributed by atoms with van der Waals surface area (Å²) in [4.78, 5) is 2.24. The number of nitrogens with two attached hydrogens (primary N) is 2. The van der Waals surface area contributed by atoms with Crippen molar-refractivity contribution in [1.82, 2.24) is 4.90 Å². The maximum Gasteiger partial charge on any atom is 0.0207 e. The number of hydrogen-bond donors (Lipinski definition) is 2. The lowest BCUT2D eigenvalue weighted by atomic mass is 9.87. The lowest BCUT2D eigenvalue weighted by Crippen LogP contribution is -2.50. The van der Waals surface area contributed by atoms with Crippen molar-refractivity contribution >= 4 is 0 Å². The normalized spacial score (nSPS) is 39.5. The Bertz CT molecular complexity index is 125. The molecule has 4 N–H and O–H groups in total. The fraction of sp³-hybridized carbons (Fsp3) is 1.00. The molecule has 0 amide bonds. The molecular formula is C8H19N3. The Morgan fingerprint density at radius 2 is 1.73 bits per heavy atom. The highest BCUT2D eigenvalue weighted by atomic mass is 15.1. The minimum absolute atomic E-state index is 0.205. The largest absolute Gasteiger partial charge is 0.326 e. The molecule has 0 aromatic rings. The van der Waals surface area contributed by atoms with Crippen LogP contribution in [0.4, 0.5) is 0 Å². The minimum Gasteiger partial charge on any atom is -0.326 e. The van der Waals surface area contributed by atoms with Gasteiger partial charge < -0.3 is 16.4 Å². The maximum absolute atomic E-state index is 5.85. The highest BCUT2D eigenvalue weighted by molar-refractivity contribution is 4.87. The summed E-state index contributed by atoms with van der Waals surface area (Å²) in [5.41, 5.74) is 11.7. The van der Waals surface area contributed by atoms with Gasteiger partial charge in [-0.3, -0.25) is 0 Å². The SMILES string of the molecule is CN(C)C1CC[C@H](N)[C@H](N)C1. The molecule has 0 saturated heterocycles. The van der Waals surface area contributed by atoms with Crippen LogP contribution in [0.1, 0.15) is 19.3 Å². The standard InChI is InChI=1S/C8H19N3/c1-11(2)6-3-4-7(9)8(10)5-6/h6-8H,3-5,9-10H2,1-2H3/t6?,7-,8+/m0/s1. The van der Waals surface area contributed by atoms with Gasteiger partial charge in [0.05, 0.1) is 0 Å². The quantitative estimate of drug-likeness (QED) is 0.552. The molecule has 1 aliphatic rings. The molecule has 0 aromatic carbocycles.